The summed E-state index contributed by atoms with van der Waals surface area (Å²) in [5.74, 6) is 0.163. The molecule has 4 nitrogen and oxygen atoms in total. The first kappa shape index (κ1) is 13.5. The predicted molar refractivity (Wildman–Crippen MR) is 62.3 cm³/mol. The van der Waals surface area contributed by atoms with Crippen molar-refractivity contribution in [2.75, 3.05) is 32.9 Å². The Morgan fingerprint density at radius 2 is 1.94 bits per heavy atom. The SMILES string of the molecule is CC(C)OCC(C)(C)C(=O)N1CCOCC1. The van der Waals surface area contributed by atoms with Crippen LogP contribution in [0.15, 0.2) is 0 Å². The highest BCUT2D eigenvalue weighted by molar-refractivity contribution is 5.82. The first-order valence-corrected chi connectivity index (χ1v) is 5.92. The number of morpholine rings is 1. The Labute approximate surface area is 97.9 Å². The number of ether oxygens (including phenoxy) is 2. The number of amides is 1. The van der Waals surface area contributed by atoms with E-state index >= 15 is 0 Å². The lowest BCUT2D eigenvalue weighted by atomic mass is 9.92. The molecule has 0 radical (unpaired) electrons. The fourth-order valence-corrected chi connectivity index (χ4v) is 1.63. The van der Waals surface area contributed by atoms with Crippen LogP contribution in [0.2, 0.25) is 0 Å². The molecule has 0 aromatic carbocycles. The van der Waals surface area contributed by atoms with E-state index in [1.54, 1.807) is 0 Å². The van der Waals surface area contributed by atoms with Gasteiger partial charge in [-0.1, -0.05) is 0 Å². The fourth-order valence-electron chi connectivity index (χ4n) is 1.63. The predicted octanol–water partition coefficient (Wildman–Crippen LogP) is 1.30. The van der Waals surface area contributed by atoms with Crippen LogP contribution in [0.3, 0.4) is 0 Å². The molecule has 1 rings (SSSR count). The third kappa shape index (κ3) is 3.76. The molecule has 0 aromatic heterocycles. The quantitative estimate of drug-likeness (QED) is 0.729. The zero-order chi connectivity index (χ0) is 12.2. The van der Waals surface area contributed by atoms with E-state index in [2.05, 4.69) is 0 Å². The molecule has 0 unspecified atom stereocenters. The Balaban J connectivity index is 2.49. The van der Waals surface area contributed by atoms with Crippen LogP contribution >= 0.6 is 0 Å². The van der Waals surface area contributed by atoms with Crippen LogP contribution in [0.5, 0.6) is 0 Å². The Morgan fingerprint density at radius 3 is 2.44 bits per heavy atom. The summed E-state index contributed by atoms with van der Waals surface area (Å²) in [7, 11) is 0. The maximum atomic E-state index is 12.2. The van der Waals surface area contributed by atoms with Gasteiger partial charge in [-0.25, -0.2) is 0 Å². The third-order valence-electron chi connectivity index (χ3n) is 2.65. The zero-order valence-electron chi connectivity index (χ0n) is 10.8. The lowest BCUT2D eigenvalue weighted by Crippen LogP contribution is -2.48. The molecule has 1 aliphatic rings. The molecule has 0 N–H and O–H groups in total. The molecule has 0 atom stereocenters. The summed E-state index contributed by atoms with van der Waals surface area (Å²) in [6.45, 7) is 11.0. The van der Waals surface area contributed by atoms with Crippen molar-refractivity contribution in [2.45, 2.75) is 33.8 Å². The smallest absolute Gasteiger partial charge is 0.230 e. The third-order valence-corrected chi connectivity index (χ3v) is 2.65. The summed E-state index contributed by atoms with van der Waals surface area (Å²) in [4.78, 5) is 14.1. The van der Waals surface area contributed by atoms with Gasteiger partial charge in [-0.3, -0.25) is 4.79 Å². The molecule has 94 valence electrons. The molecule has 1 amide bonds. The standard InChI is InChI=1S/C12H23NO3/c1-10(2)16-9-12(3,4)11(14)13-5-7-15-8-6-13/h10H,5-9H2,1-4H3. The number of hydrogen-bond donors (Lipinski definition) is 0. The largest absolute Gasteiger partial charge is 0.378 e. The van der Waals surface area contributed by atoms with E-state index in [1.807, 2.05) is 32.6 Å². The molecule has 1 heterocycles. The van der Waals surface area contributed by atoms with Gasteiger partial charge < -0.3 is 14.4 Å². The van der Waals surface area contributed by atoms with Crippen LogP contribution in [-0.2, 0) is 14.3 Å². The molecular formula is C12H23NO3. The first-order chi connectivity index (χ1) is 7.43. The second-order valence-electron chi connectivity index (χ2n) is 5.15. The van der Waals surface area contributed by atoms with Gasteiger partial charge in [-0.2, -0.15) is 0 Å². The van der Waals surface area contributed by atoms with Crippen molar-refractivity contribution in [1.29, 1.82) is 0 Å². The fraction of sp³-hybridized carbons (Fsp3) is 0.917. The molecule has 4 heteroatoms. The second kappa shape index (κ2) is 5.64. The lowest BCUT2D eigenvalue weighted by Gasteiger charge is -2.34. The monoisotopic (exact) mass is 229 g/mol. The Hall–Kier alpha value is -0.610. The second-order valence-corrected chi connectivity index (χ2v) is 5.15. The minimum absolute atomic E-state index is 0.163. The van der Waals surface area contributed by atoms with E-state index in [1.165, 1.54) is 0 Å². The Bertz CT molecular complexity index is 232. The summed E-state index contributed by atoms with van der Waals surface area (Å²) in [5, 5.41) is 0. The molecule has 1 saturated heterocycles. The molecule has 1 aliphatic heterocycles. The highest BCUT2D eigenvalue weighted by Crippen LogP contribution is 2.20. The van der Waals surface area contributed by atoms with Crippen LogP contribution in [0.1, 0.15) is 27.7 Å². The minimum atomic E-state index is -0.443. The number of hydrogen-bond acceptors (Lipinski definition) is 3. The molecule has 0 spiro atoms. The van der Waals surface area contributed by atoms with Gasteiger partial charge in [0.15, 0.2) is 0 Å². The summed E-state index contributed by atoms with van der Waals surface area (Å²) in [5.41, 5.74) is -0.443. The van der Waals surface area contributed by atoms with Crippen molar-refractivity contribution >= 4 is 5.91 Å². The van der Waals surface area contributed by atoms with Crippen LogP contribution in [0.4, 0.5) is 0 Å². The van der Waals surface area contributed by atoms with Gasteiger partial charge in [0.05, 0.1) is 31.3 Å². The van der Waals surface area contributed by atoms with Crippen LogP contribution in [0.25, 0.3) is 0 Å². The minimum Gasteiger partial charge on any atom is -0.378 e. The van der Waals surface area contributed by atoms with Crippen molar-refractivity contribution in [3.05, 3.63) is 0 Å². The summed E-state index contributed by atoms with van der Waals surface area (Å²) >= 11 is 0. The van der Waals surface area contributed by atoms with E-state index in [4.69, 9.17) is 9.47 Å². The molecule has 0 saturated carbocycles. The van der Waals surface area contributed by atoms with Gasteiger partial charge in [0, 0.05) is 13.1 Å². The van der Waals surface area contributed by atoms with Crippen LogP contribution in [0, 0.1) is 5.41 Å². The Morgan fingerprint density at radius 1 is 1.38 bits per heavy atom. The molecule has 0 aliphatic carbocycles. The van der Waals surface area contributed by atoms with Crippen molar-refractivity contribution < 1.29 is 14.3 Å². The number of carbonyl (C=O) groups excluding carboxylic acids is 1. The van der Waals surface area contributed by atoms with E-state index in [-0.39, 0.29) is 12.0 Å². The van der Waals surface area contributed by atoms with Crippen molar-refractivity contribution in [3.63, 3.8) is 0 Å². The summed E-state index contributed by atoms with van der Waals surface area (Å²) in [6, 6.07) is 0. The highest BCUT2D eigenvalue weighted by atomic mass is 16.5. The van der Waals surface area contributed by atoms with Crippen LogP contribution < -0.4 is 0 Å². The maximum absolute atomic E-state index is 12.2. The van der Waals surface area contributed by atoms with Gasteiger partial charge in [-0.15, -0.1) is 0 Å². The van der Waals surface area contributed by atoms with Gasteiger partial charge in [0.25, 0.3) is 0 Å². The number of carbonyl (C=O) groups is 1. The van der Waals surface area contributed by atoms with Crippen molar-refractivity contribution in [2.24, 2.45) is 5.41 Å². The topological polar surface area (TPSA) is 38.8 Å². The number of rotatable bonds is 4. The highest BCUT2D eigenvalue weighted by Gasteiger charge is 2.33. The van der Waals surface area contributed by atoms with Crippen molar-refractivity contribution in [3.8, 4) is 0 Å². The molecule has 0 bridgehead atoms. The average molecular weight is 229 g/mol. The van der Waals surface area contributed by atoms with Gasteiger partial charge >= 0.3 is 0 Å². The zero-order valence-corrected chi connectivity index (χ0v) is 10.8. The van der Waals surface area contributed by atoms with Crippen molar-refractivity contribution in [1.82, 2.24) is 4.90 Å². The molecule has 1 fully saturated rings. The normalized spacial score (nSPS) is 17.9. The van der Waals surface area contributed by atoms with Gasteiger partial charge in [0.1, 0.15) is 0 Å². The first-order valence-electron chi connectivity index (χ1n) is 5.92. The van der Waals surface area contributed by atoms with E-state index < -0.39 is 5.41 Å². The summed E-state index contributed by atoms with van der Waals surface area (Å²) in [6.07, 6.45) is 0.164. The Kier molecular flexibility index (Phi) is 4.74. The van der Waals surface area contributed by atoms with E-state index in [0.717, 1.165) is 0 Å². The molecular weight excluding hydrogens is 206 g/mol. The molecule has 0 aromatic rings. The maximum Gasteiger partial charge on any atom is 0.230 e. The van der Waals surface area contributed by atoms with E-state index in [9.17, 15) is 4.79 Å². The van der Waals surface area contributed by atoms with E-state index in [0.29, 0.717) is 32.9 Å². The summed E-state index contributed by atoms with van der Waals surface area (Å²) < 4.78 is 10.8. The molecule has 16 heavy (non-hydrogen) atoms. The number of nitrogens with zero attached hydrogens (tertiary/aromatic N) is 1. The average Bonchev–Trinajstić information content (AvgIpc) is 2.27. The lowest BCUT2D eigenvalue weighted by molar-refractivity contribution is -0.148. The van der Waals surface area contributed by atoms with Gasteiger partial charge in [-0.05, 0) is 27.7 Å². The van der Waals surface area contributed by atoms with Crippen LogP contribution in [-0.4, -0.2) is 49.8 Å². The van der Waals surface area contributed by atoms with Gasteiger partial charge in [0.2, 0.25) is 5.91 Å².